The Morgan fingerprint density at radius 2 is 2.19 bits per heavy atom. The monoisotopic (exact) mass is 370 g/mol. The third-order valence-corrected chi connectivity index (χ3v) is 4.36. The molecule has 0 aliphatic rings. The van der Waals surface area contributed by atoms with E-state index in [0.717, 1.165) is 41.9 Å². The number of hydrogen-bond donors (Lipinski definition) is 1. The fourth-order valence-electron chi connectivity index (χ4n) is 2.00. The lowest BCUT2D eigenvalue weighted by atomic mass is 10.2. The van der Waals surface area contributed by atoms with E-state index >= 15 is 0 Å². The molecule has 2 rings (SSSR count). The second kappa shape index (κ2) is 7.97. The molecule has 1 N–H and O–H groups in total. The summed E-state index contributed by atoms with van der Waals surface area (Å²) in [5, 5.41) is 4.07. The van der Waals surface area contributed by atoms with E-state index in [1.807, 2.05) is 18.2 Å². The summed E-state index contributed by atoms with van der Waals surface area (Å²) in [6.45, 7) is 6.43. The van der Waals surface area contributed by atoms with Crippen LogP contribution in [0.3, 0.4) is 0 Å². The molecule has 21 heavy (non-hydrogen) atoms. The largest absolute Gasteiger partial charge is 0.441 e. The Bertz CT molecular complexity index is 583. The lowest BCUT2D eigenvalue weighted by Gasteiger charge is -2.05. The number of rotatable bonds is 7. The average molecular weight is 372 g/mol. The number of hydrogen-bond acceptors (Lipinski definition) is 3. The van der Waals surface area contributed by atoms with E-state index in [9.17, 15) is 0 Å². The molecule has 0 spiro atoms. The van der Waals surface area contributed by atoms with E-state index in [1.165, 1.54) is 0 Å². The predicted octanol–water partition coefficient (Wildman–Crippen LogP) is 4.94. The van der Waals surface area contributed by atoms with Crippen LogP contribution in [0.25, 0.3) is 11.3 Å². The van der Waals surface area contributed by atoms with E-state index < -0.39 is 0 Å². The minimum Gasteiger partial charge on any atom is -0.441 e. The summed E-state index contributed by atoms with van der Waals surface area (Å²) in [6, 6.07) is 5.77. The van der Waals surface area contributed by atoms with Crippen LogP contribution in [0, 0.1) is 5.92 Å². The Morgan fingerprint density at radius 1 is 1.38 bits per heavy atom. The molecule has 1 heterocycles. The summed E-state index contributed by atoms with van der Waals surface area (Å²) in [5.41, 5.74) is 0.864. The number of halogens is 2. The third-order valence-electron chi connectivity index (χ3n) is 3.07. The maximum atomic E-state index is 6.27. The molecule has 114 valence electrons. The molecule has 0 saturated carbocycles. The molecule has 5 heteroatoms. The minimum atomic E-state index is 0.652. The van der Waals surface area contributed by atoms with Crippen molar-refractivity contribution >= 4 is 27.5 Å². The Kier molecular flexibility index (Phi) is 6.27. The molecule has 0 amide bonds. The van der Waals surface area contributed by atoms with Crippen molar-refractivity contribution in [2.75, 3.05) is 13.1 Å². The third kappa shape index (κ3) is 4.83. The zero-order valence-electron chi connectivity index (χ0n) is 12.3. The van der Waals surface area contributed by atoms with Crippen molar-refractivity contribution in [1.82, 2.24) is 10.3 Å². The van der Waals surface area contributed by atoms with Gasteiger partial charge in [-0.2, -0.15) is 0 Å². The minimum absolute atomic E-state index is 0.652. The van der Waals surface area contributed by atoms with Crippen LogP contribution in [0.4, 0.5) is 0 Å². The zero-order valence-corrected chi connectivity index (χ0v) is 14.7. The second-order valence-electron chi connectivity index (χ2n) is 5.42. The second-order valence-corrected chi connectivity index (χ2v) is 6.65. The molecule has 1 aromatic heterocycles. The fraction of sp³-hybridized carbons (Fsp3) is 0.438. The zero-order chi connectivity index (χ0) is 15.2. The van der Waals surface area contributed by atoms with Gasteiger partial charge in [0.1, 0.15) is 0 Å². The van der Waals surface area contributed by atoms with Gasteiger partial charge in [-0.15, -0.1) is 0 Å². The molecule has 0 bridgehead atoms. The Balaban J connectivity index is 1.91. The maximum Gasteiger partial charge on any atom is 0.194 e. The van der Waals surface area contributed by atoms with E-state index in [0.29, 0.717) is 16.7 Å². The molecule has 1 aromatic carbocycles. The van der Waals surface area contributed by atoms with Gasteiger partial charge in [0, 0.05) is 16.5 Å². The van der Waals surface area contributed by atoms with Gasteiger partial charge in [-0.05, 0) is 53.5 Å². The van der Waals surface area contributed by atoms with Crippen LogP contribution in [0.5, 0.6) is 0 Å². The first-order valence-corrected chi connectivity index (χ1v) is 8.35. The highest BCUT2D eigenvalue weighted by Crippen LogP contribution is 2.33. The van der Waals surface area contributed by atoms with Crippen molar-refractivity contribution in [3.63, 3.8) is 0 Å². The first kappa shape index (κ1) is 16.5. The van der Waals surface area contributed by atoms with Crippen molar-refractivity contribution in [3.05, 3.63) is 39.8 Å². The molecule has 0 aliphatic carbocycles. The van der Waals surface area contributed by atoms with Gasteiger partial charge in [0.2, 0.25) is 0 Å². The van der Waals surface area contributed by atoms with Crippen molar-refractivity contribution in [2.24, 2.45) is 5.92 Å². The van der Waals surface area contributed by atoms with Crippen molar-refractivity contribution < 1.29 is 4.42 Å². The molecule has 2 aromatic rings. The number of oxazole rings is 1. The summed E-state index contributed by atoms with van der Waals surface area (Å²) in [4.78, 5) is 4.33. The summed E-state index contributed by atoms with van der Waals surface area (Å²) in [7, 11) is 0. The smallest absolute Gasteiger partial charge is 0.194 e. The Labute approximate surface area is 139 Å². The van der Waals surface area contributed by atoms with Crippen LogP contribution in [0.1, 0.15) is 26.2 Å². The molecule has 0 unspecified atom stereocenters. The number of nitrogens with one attached hydrogen (secondary N) is 1. The van der Waals surface area contributed by atoms with Gasteiger partial charge >= 0.3 is 0 Å². The number of aryl methyl sites for hydroxylation is 1. The molecule has 0 atom stereocenters. The van der Waals surface area contributed by atoms with Crippen LogP contribution >= 0.6 is 27.5 Å². The van der Waals surface area contributed by atoms with Gasteiger partial charge in [-0.25, -0.2) is 4.98 Å². The molecule has 0 fully saturated rings. The van der Waals surface area contributed by atoms with Gasteiger partial charge in [0.25, 0.3) is 0 Å². The van der Waals surface area contributed by atoms with Gasteiger partial charge in [0.05, 0.1) is 11.2 Å². The lowest BCUT2D eigenvalue weighted by Crippen LogP contribution is -2.21. The molecule has 0 saturated heterocycles. The summed E-state index contributed by atoms with van der Waals surface area (Å²) < 4.78 is 6.65. The highest BCUT2D eigenvalue weighted by atomic mass is 79.9. The van der Waals surface area contributed by atoms with E-state index in [4.69, 9.17) is 16.0 Å². The number of benzene rings is 1. The molecule has 0 radical (unpaired) electrons. The van der Waals surface area contributed by atoms with E-state index in [2.05, 4.69) is 40.1 Å². The fourth-order valence-corrected chi connectivity index (χ4v) is 2.59. The van der Waals surface area contributed by atoms with Gasteiger partial charge < -0.3 is 9.73 Å². The summed E-state index contributed by atoms with van der Waals surface area (Å²) >= 11 is 9.69. The van der Waals surface area contributed by atoms with Gasteiger partial charge in [-0.3, -0.25) is 0 Å². The molecular weight excluding hydrogens is 352 g/mol. The number of nitrogens with zero attached hydrogens (tertiary/aromatic N) is 1. The number of aromatic nitrogens is 1. The summed E-state index contributed by atoms with van der Waals surface area (Å²) in [5.74, 6) is 2.15. The quantitative estimate of drug-likeness (QED) is 0.701. The van der Waals surface area contributed by atoms with Gasteiger partial charge in [0.15, 0.2) is 11.7 Å². The van der Waals surface area contributed by atoms with Crippen molar-refractivity contribution in [1.29, 1.82) is 0 Å². The Morgan fingerprint density at radius 3 is 2.95 bits per heavy atom. The first-order valence-electron chi connectivity index (χ1n) is 7.17. The standard InChI is InChI=1S/C16H20BrClN2O/c1-11(2)9-19-8-4-7-15-20-10-14(21-15)12-5-3-6-13(17)16(12)18/h3,5-6,10-11,19H,4,7-9H2,1-2H3. The van der Waals surface area contributed by atoms with Crippen molar-refractivity contribution in [3.8, 4) is 11.3 Å². The van der Waals surface area contributed by atoms with Crippen molar-refractivity contribution in [2.45, 2.75) is 26.7 Å². The lowest BCUT2D eigenvalue weighted by molar-refractivity contribution is 0.483. The van der Waals surface area contributed by atoms with Crippen LogP contribution < -0.4 is 5.32 Å². The van der Waals surface area contributed by atoms with Crippen LogP contribution in [-0.4, -0.2) is 18.1 Å². The summed E-state index contributed by atoms with van der Waals surface area (Å²) in [6.07, 6.45) is 3.58. The predicted molar refractivity (Wildman–Crippen MR) is 90.7 cm³/mol. The highest BCUT2D eigenvalue weighted by molar-refractivity contribution is 9.10. The molecule has 3 nitrogen and oxygen atoms in total. The molecular formula is C16H20BrClN2O. The highest BCUT2D eigenvalue weighted by Gasteiger charge is 2.11. The Hall–Kier alpha value is -0.840. The topological polar surface area (TPSA) is 38.1 Å². The van der Waals surface area contributed by atoms with Crippen LogP contribution in [0.2, 0.25) is 5.02 Å². The normalized spacial score (nSPS) is 11.3. The SMILES string of the molecule is CC(C)CNCCCc1ncc(-c2cccc(Br)c2Cl)o1. The maximum absolute atomic E-state index is 6.27. The molecule has 0 aliphatic heterocycles. The van der Waals surface area contributed by atoms with Crippen LogP contribution in [0.15, 0.2) is 33.3 Å². The van der Waals surface area contributed by atoms with Gasteiger partial charge in [-0.1, -0.05) is 31.5 Å². The van der Waals surface area contributed by atoms with Crippen LogP contribution in [-0.2, 0) is 6.42 Å². The van der Waals surface area contributed by atoms with E-state index in [-0.39, 0.29) is 0 Å². The average Bonchev–Trinajstić information content (AvgIpc) is 2.90. The van der Waals surface area contributed by atoms with E-state index in [1.54, 1.807) is 6.20 Å². The first-order chi connectivity index (χ1) is 10.1.